The Morgan fingerprint density at radius 1 is 1.26 bits per heavy atom. The van der Waals surface area contributed by atoms with Crippen LogP contribution in [0.25, 0.3) is 0 Å². The first-order valence-corrected chi connectivity index (χ1v) is 6.89. The van der Waals surface area contributed by atoms with Crippen molar-refractivity contribution in [2.24, 2.45) is 0 Å². The zero-order valence-corrected chi connectivity index (χ0v) is 11.7. The van der Waals surface area contributed by atoms with Crippen LogP contribution in [0.2, 0.25) is 0 Å². The van der Waals surface area contributed by atoms with Crippen molar-refractivity contribution < 1.29 is 14.2 Å². The highest BCUT2D eigenvalue weighted by atomic mass is 16.6. The third kappa shape index (κ3) is 4.82. The van der Waals surface area contributed by atoms with Crippen LogP contribution in [0.1, 0.15) is 19.4 Å². The number of para-hydroxylation sites is 1. The normalized spacial score (nSPS) is 15.5. The van der Waals surface area contributed by atoms with Gasteiger partial charge in [-0.05, 0) is 6.07 Å². The second-order valence-electron chi connectivity index (χ2n) is 5.02. The van der Waals surface area contributed by atoms with Gasteiger partial charge in [-0.15, -0.1) is 0 Å². The summed E-state index contributed by atoms with van der Waals surface area (Å²) in [5, 5.41) is 3.40. The molecular weight excluding hydrogens is 242 g/mol. The smallest absolute Gasteiger partial charge is 0.123 e. The van der Waals surface area contributed by atoms with E-state index in [-0.39, 0.29) is 6.10 Å². The van der Waals surface area contributed by atoms with E-state index in [2.05, 4.69) is 25.2 Å². The van der Waals surface area contributed by atoms with Gasteiger partial charge in [0.1, 0.15) is 18.5 Å². The fourth-order valence-corrected chi connectivity index (χ4v) is 1.78. The highest BCUT2D eigenvalue weighted by Gasteiger charge is 2.18. The number of benzene rings is 1. The summed E-state index contributed by atoms with van der Waals surface area (Å²) < 4.78 is 16.4. The van der Waals surface area contributed by atoms with Crippen LogP contribution >= 0.6 is 0 Å². The van der Waals surface area contributed by atoms with E-state index in [1.54, 1.807) is 0 Å². The molecule has 1 aliphatic rings. The SMILES string of the molecule is CC(C)NCc1ccccc1OCCOC1COC1. The number of hydrogen-bond donors (Lipinski definition) is 1. The first kappa shape index (κ1) is 14.3. The highest BCUT2D eigenvalue weighted by Crippen LogP contribution is 2.18. The first-order chi connectivity index (χ1) is 9.25. The minimum absolute atomic E-state index is 0.265. The molecule has 1 aromatic rings. The van der Waals surface area contributed by atoms with Gasteiger partial charge in [0, 0.05) is 18.2 Å². The average Bonchev–Trinajstić information content (AvgIpc) is 2.35. The molecule has 0 unspecified atom stereocenters. The molecule has 0 saturated carbocycles. The zero-order valence-electron chi connectivity index (χ0n) is 11.7. The Kier molecular flexibility index (Phi) is 5.63. The summed E-state index contributed by atoms with van der Waals surface area (Å²) in [6, 6.07) is 8.59. The second kappa shape index (κ2) is 7.48. The number of nitrogens with one attached hydrogen (secondary N) is 1. The molecule has 4 nitrogen and oxygen atoms in total. The molecule has 4 heteroatoms. The van der Waals surface area contributed by atoms with Gasteiger partial charge in [-0.3, -0.25) is 0 Å². The van der Waals surface area contributed by atoms with E-state index >= 15 is 0 Å². The van der Waals surface area contributed by atoms with Crippen molar-refractivity contribution in [3.8, 4) is 5.75 Å². The molecule has 1 aliphatic heterocycles. The van der Waals surface area contributed by atoms with Crippen molar-refractivity contribution in [2.45, 2.75) is 32.5 Å². The minimum Gasteiger partial charge on any atom is -0.491 e. The molecule has 1 N–H and O–H groups in total. The predicted molar refractivity (Wildman–Crippen MR) is 74.5 cm³/mol. The Hall–Kier alpha value is -1.10. The molecule has 0 amide bonds. The molecule has 0 aliphatic carbocycles. The van der Waals surface area contributed by atoms with Gasteiger partial charge in [0.25, 0.3) is 0 Å². The monoisotopic (exact) mass is 265 g/mol. The number of hydrogen-bond acceptors (Lipinski definition) is 4. The molecule has 19 heavy (non-hydrogen) atoms. The minimum atomic E-state index is 0.265. The van der Waals surface area contributed by atoms with E-state index in [1.807, 2.05) is 18.2 Å². The van der Waals surface area contributed by atoms with Crippen LogP contribution in [0.15, 0.2) is 24.3 Å². The molecule has 1 heterocycles. The van der Waals surface area contributed by atoms with E-state index in [0.29, 0.717) is 19.3 Å². The van der Waals surface area contributed by atoms with Crippen molar-refractivity contribution >= 4 is 0 Å². The lowest BCUT2D eigenvalue weighted by molar-refractivity contribution is -0.132. The molecule has 0 bridgehead atoms. The van der Waals surface area contributed by atoms with E-state index in [0.717, 1.165) is 25.5 Å². The van der Waals surface area contributed by atoms with Gasteiger partial charge < -0.3 is 19.5 Å². The first-order valence-electron chi connectivity index (χ1n) is 6.89. The van der Waals surface area contributed by atoms with Gasteiger partial charge in [-0.2, -0.15) is 0 Å². The van der Waals surface area contributed by atoms with E-state index in [4.69, 9.17) is 14.2 Å². The van der Waals surface area contributed by atoms with Crippen molar-refractivity contribution in [1.29, 1.82) is 0 Å². The zero-order chi connectivity index (χ0) is 13.5. The molecule has 1 saturated heterocycles. The summed E-state index contributed by atoms with van der Waals surface area (Å²) in [7, 11) is 0. The lowest BCUT2D eigenvalue weighted by atomic mass is 10.2. The van der Waals surface area contributed by atoms with Gasteiger partial charge in [-0.1, -0.05) is 32.0 Å². The number of ether oxygens (including phenoxy) is 3. The Bertz CT molecular complexity index is 377. The topological polar surface area (TPSA) is 39.7 Å². The Morgan fingerprint density at radius 3 is 2.74 bits per heavy atom. The second-order valence-corrected chi connectivity index (χ2v) is 5.02. The van der Waals surface area contributed by atoms with Gasteiger partial charge in [0.15, 0.2) is 0 Å². The molecule has 1 fully saturated rings. The van der Waals surface area contributed by atoms with Gasteiger partial charge in [-0.25, -0.2) is 0 Å². The molecule has 2 rings (SSSR count). The Morgan fingerprint density at radius 2 is 2.05 bits per heavy atom. The van der Waals surface area contributed by atoms with Crippen LogP contribution in [0, 0.1) is 0 Å². The Balaban J connectivity index is 1.74. The third-order valence-electron chi connectivity index (χ3n) is 2.98. The quantitative estimate of drug-likeness (QED) is 0.730. The van der Waals surface area contributed by atoms with Gasteiger partial charge >= 0.3 is 0 Å². The van der Waals surface area contributed by atoms with Crippen LogP contribution in [-0.2, 0) is 16.0 Å². The largest absolute Gasteiger partial charge is 0.491 e. The van der Waals surface area contributed by atoms with Crippen LogP contribution < -0.4 is 10.1 Å². The third-order valence-corrected chi connectivity index (χ3v) is 2.98. The number of rotatable bonds is 8. The van der Waals surface area contributed by atoms with E-state index < -0.39 is 0 Å². The summed E-state index contributed by atoms with van der Waals surface area (Å²) in [6.07, 6.45) is 0.265. The molecule has 0 atom stereocenters. The summed E-state index contributed by atoms with van der Waals surface area (Å²) in [6.45, 7) is 7.72. The lowest BCUT2D eigenvalue weighted by Crippen LogP contribution is -2.37. The van der Waals surface area contributed by atoms with Crippen LogP contribution in [0.4, 0.5) is 0 Å². The summed E-state index contributed by atoms with van der Waals surface area (Å²) in [5.41, 5.74) is 1.18. The van der Waals surface area contributed by atoms with E-state index in [9.17, 15) is 0 Å². The van der Waals surface area contributed by atoms with E-state index in [1.165, 1.54) is 5.56 Å². The molecule has 106 valence electrons. The molecule has 1 aromatic carbocycles. The Labute approximate surface area is 115 Å². The molecular formula is C15H23NO3. The summed E-state index contributed by atoms with van der Waals surface area (Å²) >= 11 is 0. The standard InChI is InChI=1S/C15H23NO3/c1-12(2)16-9-13-5-3-4-6-15(13)19-8-7-18-14-10-17-11-14/h3-6,12,14,16H,7-11H2,1-2H3. The van der Waals surface area contributed by atoms with Gasteiger partial charge in [0.2, 0.25) is 0 Å². The molecule has 0 aromatic heterocycles. The maximum atomic E-state index is 5.78. The molecule has 0 spiro atoms. The van der Waals surface area contributed by atoms with Gasteiger partial charge in [0.05, 0.1) is 19.8 Å². The van der Waals surface area contributed by atoms with Crippen molar-refractivity contribution in [2.75, 3.05) is 26.4 Å². The summed E-state index contributed by atoms with van der Waals surface area (Å²) in [5.74, 6) is 0.934. The fourth-order valence-electron chi connectivity index (χ4n) is 1.78. The maximum Gasteiger partial charge on any atom is 0.123 e. The lowest BCUT2D eigenvalue weighted by Gasteiger charge is -2.26. The maximum absolute atomic E-state index is 5.78. The van der Waals surface area contributed by atoms with Crippen LogP contribution in [0.5, 0.6) is 5.75 Å². The van der Waals surface area contributed by atoms with Crippen molar-refractivity contribution in [1.82, 2.24) is 5.32 Å². The van der Waals surface area contributed by atoms with Crippen LogP contribution in [-0.4, -0.2) is 38.6 Å². The van der Waals surface area contributed by atoms with Crippen molar-refractivity contribution in [3.05, 3.63) is 29.8 Å². The fraction of sp³-hybridized carbons (Fsp3) is 0.600. The van der Waals surface area contributed by atoms with Crippen LogP contribution in [0.3, 0.4) is 0 Å². The highest BCUT2D eigenvalue weighted by molar-refractivity contribution is 5.33. The average molecular weight is 265 g/mol. The summed E-state index contributed by atoms with van der Waals surface area (Å²) in [4.78, 5) is 0. The molecule has 0 radical (unpaired) electrons. The predicted octanol–water partition coefficient (Wildman–Crippen LogP) is 1.98. The van der Waals surface area contributed by atoms with Crippen molar-refractivity contribution in [3.63, 3.8) is 0 Å².